The molecule has 1 saturated heterocycles. The summed E-state index contributed by atoms with van der Waals surface area (Å²) in [5.41, 5.74) is 6.78. The van der Waals surface area contributed by atoms with Gasteiger partial charge in [-0.1, -0.05) is 23.2 Å². The Balaban J connectivity index is 2.33. The first-order valence-electron chi connectivity index (χ1n) is 6.23. The smallest absolute Gasteiger partial charge is 0.325 e. The third kappa shape index (κ3) is 3.14. The van der Waals surface area contributed by atoms with Crippen LogP contribution in [-0.2, 0) is 4.79 Å². The maximum Gasteiger partial charge on any atom is 0.325 e. The molecule has 1 atom stereocenters. The molecule has 1 heterocycles. The summed E-state index contributed by atoms with van der Waals surface area (Å²) < 4.78 is 0. The maximum atomic E-state index is 10.9. The number of piperidine rings is 1. The van der Waals surface area contributed by atoms with Gasteiger partial charge in [0.1, 0.15) is 6.04 Å². The Labute approximate surface area is 122 Å². The number of rotatable bonds is 3. The van der Waals surface area contributed by atoms with Crippen LogP contribution in [0, 0.1) is 0 Å². The molecule has 19 heavy (non-hydrogen) atoms. The zero-order valence-corrected chi connectivity index (χ0v) is 11.9. The number of carboxylic acids is 1. The second-order valence-electron chi connectivity index (χ2n) is 4.69. The first kappa shape index (κ1) is 14.4. The molecule has 0 saturated carbocycles. The van der Waals surface area contributed by atoms with Crippen LogP contribution in [0.1, 0.15) is 30.9 Å². The molecule has 0 unspecified atom stereocenters. The number of nitrogens with zero attached hydrogens (tertiary/aromatic N) is 1. The molecule has 1 aromatic carbocycles. The number of aliphatic carboxylic acids is 1. The third-order valence-electron chi connectivity index (χ3n) is 3.36. The number of anilines is 1. The van der Waals surface area contributed by atoms with Crippen molar-refractivity contribution < 1.29 is 9.90 Å². The molecule has 0 spiro atoms. The number of nitrogens with two attached hydrogens (primary N) is 1. The fraction of sp³-hybridized carbons (Fsp3) is 0.462. The molecule has 1 aromatic rings. The maximum absolute atomic E-state index is 10.9. The van der Waals surface area contributed by atoms with Crippen LogP contribution in [0.4, 0.5) is 5.69 Å². The normalized spacial score (nSPS) is 17.3. The summed E-state index contributed by atoms with van der Waals surface area (Å²) in [6.45, 7) is 1.89. The Hall–Kier alpha value is -0.970. The summed E-state index contributed by atoms with van der Waals surface area (Å²) in [7, 11) is 0. The van der Waals surface area contributed by atoms with E-state index in [4.69, 9.17) is 34.0 Å². The molecule has 0 radical (unpaired) electrons. The van der Waals surface area contributed by atoms with Crippen LogP contribution in [0.2, 0.25) is 10.0 Å². The monoisotopic (exact) mass is 302 g/mol. The van der Waals surface area contributed by atoms with Crippen LogP contribution in [-0.4, -0.2) is 24.2 Å². The largest absolute Gasteiger partial charge is 0.480 e. The number of hydrogen-bond donors (Lipinski definition) is 2. The minimum Gasteiger partial charge on any atom is -0.480 e. The van der Waals surface area contributed by atoms with Gasteiger partial charge in [0.25, 0.3) is 0 Å². The minimum atomic E-state index is -1.15. The topological polar surface area (TPSA) is 66.6 Å². The van der Waals surface area contributed by atoms with Crippen molar-refractivity contribution in [3.63, 3.8) is 0 Å². The molecule has 1 fully saturated rings. The van der Waals surface area contributed by atoms with E-state index in [0.29, 0.717) is 15.6 Å². The van der Waals surface area contributed by atoms with E-state index in [-0.39, 0.29) is 0 Å². The van der Waals surface area contributed by atoms with Gasteiger partial charge in [0.2, 0.25) is 0 Å². The fourth-order valence-electron chi connectivity index (χ4n) is 2.30. The van der Waals surface area contributed by atoms with Crippen molar-refractivity contribution in [2.75, 3.05) is 18.0 Å². The predicted octanol–water partition coefficient (Wildman–Crippen LogP) is 3.07. The van der Waals surface area contributed by atoms with E-state index in [2.05, 4.69) is 4.90 Å². The summed E-state index contributed by atoms with van der Waals surface area (Å²) in [4.78, 5) is 13.1. The number of halogens is 2. The highest BCUT2D eigenvalue weighted by Crippen LogP contribution is 2.35. The summed E-state index contributed by atoms with van der Waals surface area (Å²) >= 11 is 12.4. The SMILES string of the molecule is N[C@H](C(=O)O)c1cc(Cl)c(N2CCCCC2)cc1Cl. The standard InChI is InChI=1S/C13H16Cl2N2O2/c14-9-7-11(17-4-2-1-3-5-17)10(15)6-8(9)12(16)13(18)19/h6-7,12H,1-5,16H2,(H,18,19)/t12-/m0/s1. The first-order valence-corrected chi connectivity index (χ1v) is 6.98. The van der Waals surface area contributed by atoms with Gasteiger partial charge in [-0.05, 0) is 31.4 Å². The average molecular weight is 303 g/mol. The number of carbonyl (C=O) groups is 1. The van der Waals surface area contributed by atoms with Crippen LogP contribution in [0.3, 0.4) is 0 Å². The van der Waals surface area contributed by atoms with Gasteiger partial charge in [0.15, 0.2) is 0 Å². The number of hydrogen-bond acceptors (Lipinski definition) is 3. The van der Waals surface area contributed by atoms with Crippen LogP contribution >= 0.6 is 23.2 Å². The third-order valence-corrected chi connectivity index (χ3v) is 3.99. The zero-order chi connectivity index (χ0) is 14.0. The van der Waals surface area contributed by atoms with E-state index >= 15 is 0 Å². The van der Waals surface area contributed by atoms with Crippen LogP contribution in [0.25, 0.3) is 0 Å². The van der Waals surface area contributed by atoms with Crippen molar-refractivity contribution in [1.82, 2.24) is 0 Å². The minimum absolute atomic E-state index is 0.347. The molecule has 104 valence electrons. The van der Waals surface area contributed by atoms with Crippen molar-refractivity contribution in [3.8, 4) is 0 Å². The van der Waals surface area contributed by atoms with Crippen LogP contribution in [0.5, 0.6) is 0 Å². The highest BCUT2D eigenvalue weighted by molar-refractivity contribution is 6.36. The van der Waals surface area contributed by atoms with E-state index in [9.17, 15) is 4.79 Å². The van der Waals surface area contributed by atoms with Crippen molar-refractivity contribution in [1.29, 1.82) is 0 Å². The summed E-state index contributed by atoms with van der Waals surface area (Å²) in [6.07, 6.45) is 3.48. The van der Waals surface area contributed by atoms with Crippen molar-refractivity contribution >= 4 is 34.9 Å². The fourth-order valence-corrected chi connectivity index (χ4v) is 2.87. The van der Waals surface area contributed by atoms with Gasteiger partial charge in [-0.15, -0.1) is 0 Å². The molecule has 1 aliphatic heterocycles. The molecule has 1 aliphatic rings. The molecular weight excluding hydrogens is 287 g/mol. The molecule has 2 rings (SSSR count). The predicted molar refractivity (Wildman–Crippen MR) is 77.1 cm³/mol. The molecule has 0 aliphatic carbocycles. The van der Waals surface area contributed by atoms with Gasteiger partial charge in [0.05, 0.1) is 10.7 Å². The van der Waals surface area contributed by atoms with Gasteiger partial charge < -0.3 is 15.7 Å². The summed E-state index contributed by atoms with van der Waals surface area (Å²) in [5.74, 6) is -1.12. The lowest BCUT2D eigenvalue weighted by Crippen LogP contribution is -2.30. The highest BCUT2D eigenvalue weighted by atomic mass is 35.5. The Bertz CT molecular complexity index is 488. The lowest BCUT2D eigenvalue weighted by atomic mass is 10.1. The Morgan fingerprint density at radius 3 is 2.42 bits per heavy atom. The second kappa shape index (κ2) is 5.99. The van der Waals surface area contributed by atoms with Gasteiger partial charge in [-0.2, -0.15) is 0 Å². The van der Waals surface area contributed by atoms with Crippen LogP contribution < -0.4 is 10.6 Å². The molecule has 0 bridgehead atoms. The van der Waals surface area contributed by atoms with E-state index in [1.165, 1.54) is 6.42 Å². The number of carboxylic acid groups (broad SMARTS) is 1. The van der Waals surface area contributed by atoms with Crippen molar-refractivity contribution in [2.24, 2.45) is 5.73 Å². The first-order chi connectivity index (χ1) is 9.00. The average Bonchev–Trinajstić information content (AvgIpc) is 2.41. The van der Waals surface area contributed by atoms with Crippen molar-refractivity contribution in [2.45, 2.75) is 25.3 Å². The Morgan fingerprint density at radius 2 is 1.84 bits per heavy atom. The molecule has 3 N–H and O–H groups in total. The van der Waals surface area contributed by atoms with E-state index < -0.39 is 12.0 Å². The van der Waals surface area contributed by atoms with Crippen LogP contribution in [0.15, 0.2) is 12.1 Å². The van der Waals surface area contributed by atoms with Gasteiger partial charge in [-0.3, -0.25) is 4.79 Å². The second-order valence-corrected chi connectivity index (χ2v) is 5.50. The molecule has 4 nitrogen and oxygen atoms in total. The zero-order valence-electron chi connectivity index (χ0n) is 10.4. The van der Waals surface area contributed by atoms with Gasteiger partial charge >= 0.3 is 5.97 Å². The number of benzene rings is 1. The molecule has 0 aromatic heterocycles. The van der Waals surface area contributed by atoms with Gasteiger partial charge in [0, 0.05) is 23.7 Å². The highest BCUT2D eigenvalue weighted by Gasteiger charge is 2.21. The lowest BCUT2D eigenvalue weighted by molar-refractivity contribution is -0.138. The van der Waals surface area contributed by atoms with E-state index in [0.717, 1.165) is 31.6 Å². The quantitative estimate of drug-likeness (QED) is 0.900. The molecule has 0 amide bonds. The lowest BCUT2D eigenvalue weighted by Gasteiger charge is -2.30. The van der Waals surface area contributed by atoms with E-state index in [1.54, 1.807) is 12.1 Å². The van der Waals surface area contributed by atoms with E-state index in [1.807, 2.05) is 0 Å². The van der Waals surface area contributed by atoms with Gasteiger partial charge in [-0.25, -0.2) is 0 Å². The van der Waals surface area contributed by atoms with Crippen molar-refractivity contribution in [3.05, 3.63) is 27.7 Å². The molecule has 6 heteroatoms. The summed E-state index contributed by atoms with van der Waals surface area (Å²) in [6, 6.07) is 2.13. The summed E-state index contributed by atoms with van der Waals surface area (Å²) in [5, 5.41) is 9.78. The Morgan fingerprint density at radius 1 is 1.21 bits per heavy atom. The molecular formula is C13H16Cl2N2O2. The Kier molecular flexibility index (Phi) is 4.55.